The maximum atomic E-state index is 12.7. The number of hydrogen-bond acceptors (Lipinski definition) is 5. The molecule has 3 rings (SSSR count). The number of ether oxygens (including phenoxy) is 1. The van der Waals surface area contributed by atoms with Crippen LogP contribution in [-0.4, -0.2) is 28.5 Å². The zero-order valence-electron chi connectivity index (χ0n) is 17.7. The van der Waals surface area contributed by atoms with Crippen molar-refractivity contribution >= 4 is 33.4 Å². The van der Waals surface area contributed by atoms with E-state index < -0.39 is 15.9 Å². The van der Waals surface area contributed by atoms with Gasteiger partial charge in [0.15, 0.2) is 0 Å². The van der Waals surface area contributed by atoms with E-state index in [9.17, 15) is 13.2 Å². The van der Waals surface area contributed by atoms with Gasteiger partial charge in [0.25, 0.3) is 5.91 Å². The molecule has 0 saturated heterocycles. The highest BCUT2D eigenvalue weighted by Crippen LogP contribution is 2.30. The number of methoxy groups -OCH3 is 1. The summed E-state index contributed by atoms with van der Waals surface area (Å²) in [5.41, 5.74) is 3.33. The molecule has 0 aliphatic carbocycles. The van der Waals surface area contributed by atoms with Gasteiger partial charge in [-0.2, -0.15) is 0 Å². The summed E-state index contributed by atoms with van der Waals surface area (Å²) in [7, 11) is -1.09. The summed E-state index contributed by atoms with van der Waals surface area (Å²) in [6, 6.07) is 18.1. The van der Waals surface area contributed by atoms with E-state index in [2.05, 4.69) is 42.1 Å². The zero-order valence-corrected chi connectivity index (χ0v) is 19.4. The summed E-state index contributed by atoms with van der Waals surface area (Å²) in [5, 5.41) is 2.80. The Labute approximate surface area is 187 Å². The van der Waals surface area contributed by atoms with Gasteiger partial charge >= 0.3 is 0 Å². The summed E-state index contributed by atoms with van der Waals surface area (Å²) >= 11 is 1.65. The molecule has 0 aliphatic rings. The molecule has 8 heteroatoms. The molecule has 0 unspecified atom stereocenters. The van der Waals surface area contributed by atoms with Gasteiger partial charge < -0.3 is 10.1 Å². The molecule has 0 bridgehead atoms. The van der Waals surface area contributed by atoms with Crippen LogP contribution >= 0.6 is 11.8 Å². The topological polar surface area (TPSA) is 84.5 Å². The number of aryl methyl sites for hydroxylation is 2. The first-order valence-electron chi connectivity index (χ1n) is 9.51. The van der Waals surface area contributed by atoms with Gasteiger partial charge in [0.05, 0.1) is 7.11 Å². The largest absolute Gasteiger partial charge is 0.495 e. The average molecular weight is 457 g/mol. The molecule has 0 aromatic heterocycles. The van der Waals surface area contributed by atoms with Crippen LogP contribution < -0.4 is 14.8 Å². The van der Waals surface area contributed by atoms with Crippen molar-refractivity contribution in [2.24, 2.45) is 0 Å². The predicted molar refractivity (Wildman–Crippen MR) is 124 cm³/mol. The first-order valence-corrected chi connectivity index (χ1v) is 11.8. The Bertz CT molecular complexity index is 1210. The van der Waals surface area contributed by atoms with E-state index in [0.717, 1.165) is 9.79 Å². The van der Waals surface area contributed by atoms with E-state index in [1.807, 2.05) is 24.3 Å². The van der Waals surface area contributed by atoms with Crippen LogP contribution in [0.3, 0.4) is 0 Å². The molecule has 0 heterocycles. The molecule has 162 valence electrons. The second-order valence-corrected chi connectivity index (χ2v) is 9.90. The number of carbonyl (C=O) groups excluding carboxylic acids is 1. The molecule has 0 radical (unpaired) electrons. The van der Waals surface area contributed by atoms with Gasteiger partial charge in [-0.25, -0.2) is 13.1 Å². The lowest BCUT2D eigenvalue weighted by atomic mass is 10.1. The summed E-state index contributed by atoms with van der Waals surface area (Å²) < 4.78 is 31.8. The number of anilines is 1. The van der Waals surface area contributed by atoms with Crippen LogP contribution in [0.2, 0.25) is 0 Å². The number of nitrogens with one attached hydrogen (secondary N) is 2. The molecule has 0 atom stereocenters. The predicted octanol–water partition coefficient (Wildman–Crippen LogP) is 4.62. The number of sulfonamides is 1. The summed E-state index contributed by atoms with van der Waals surface area (Å²) in [5.74, 6) is -0.247. The first-order chi connectivity index (χ1) is 14.7. The van der Waals surface area contributed by atoms with E-state index in [-0.39, 0.29) is 16.2 Å². The molecule has 31 heavy (non-hydrogen) atoms. The van der Waals surface area contributed by atoms with Crippen LogP contribution in [0.25, 0.3) is 0 Å². The molecule has 3 aromatic rings. The van der Waals surface area contributed by atoms with Crippen molar-refractivity contribution in [2.75, 3.05) is 19.5 Å². The van der Waals surface area contributed by atoms with E-state index in [4.69, 9.17) is 4.74 Å². The summed E-state index contributed by atoms with van der Waals surface area (Å²) in [6.07, 6.45) is 0. The number of carbonyl (C=O) groups is 1. The lowest BCUT2D eigenvalue weighted by molar-refractivity contribution is 0.102. The Morgan fingerprint density at radius 2 is 1.58 bits per heavy atom. The lowest BCUT2D eigenvalue weighted by Crippen LogP contribution is -2.20. The molecular weight excluding hydrogens is 432 g/mol. The van der Waals surface area contributed by atoms with Crippen molar-refractivity contribution in [3.8, 4) is 5.75 Å². The van der Waals surface area contributed by atoms with Gasteiger partial charge in [0.1, 0.15) is 10.6 Å². The summed E-state index contributed by atoms with van der Waals surface area (Å²) in [6.45, 7) is 4.17. The van der Waals surface area contributed by atoms with Crippen molar-refractivity contribution < 1.29 is 17.9 Å². The minimum Gasteiger partial charge on any atom is -0.495 e. The fraction of sp³-hybridized carbons (Fsp3) is 0.174. The normalized spacial score (nSPS) is 11.2. The van der Waals surface area contributed by atoms with Crippen molar-refractivity contribution in [3.63, 3.8) is 0 Å². The fourth-order valence-corrected chi connectivity index (χ4v) is 4.70. The highest BCUT2D eigenvalue weighted by Gasteiger charge is 2.20. The second kappa shape index (κ2) is 9.55. The molecule has 1 amide bonds. The third kappa shape index (κ3) is 5.46. The van der Waals surface area contributed by atoms with E-state index in [1.165, 1.54) is 43.5 Å². The van der Waals surface area contributed by atoms with Crippen LogP contribution in [-0.2, 0) is 10.0 Å². The van der Waals surface area contributed by atoms with Crippen molar-refractivity contribution in [1.29, 1.82) is 0 Å². The minimum absolute atomic E-state index is 0.0923. The smallest absolute Gasteiger partial charge is 0.255 e. The van der Waals surface area contributed by atoms with Crippen LogP contribution in [0.1, 0.15) is 21.5 Å². The fourth-order valence-electron chi connectivity index (χ4n) is 2.86. The molecule has 6 nitrogen and oxygen atoms in total. The van der Waals surface area contributed by atoms with Gasteiger partial charge in [-0.15, -0.1) is 0 Å². The quantitative estimate of drug-likeness (QED) is 0.542. The maximum Gasteiger partial charge on any atom is 0.255 e. The third-order valence-corrected chi connectivity index (χ3v) is 7.24. The average Bonchev–Trinajstić information content (AvgIpc) is 2.77. The Balaban J connectivity index is 1.75. The lowest BCUT2D eigenvalue weighted by Gasteiger charge is -2.11. The SMILES string of the molecule is CNS(=O)(=O)c1cc(C(=O)Nc2ccc(Sc3ccc(C)c(C)c3)cc2)ccc1OC. The number of hydrogen-bond donors (Lipinski definition) is 2. The highest BCUT2D eigenvalue weighted by atomic mass is 32.2. The minimum atomic E-state index is -3.77. The molecule has 0 spiro atoms. The van der Waals surface area contributed by atoms with E-state index in [0.29, 0.717) is 5.69 Å². The number of benzene rings is 3. The van der Waals surface area contributed by atoms with Crippen LogP contribution in [0.5, 0.6) is 5.75 Å². The van der Waals surface area contributed by atoms with Gasteiger partial charge in [-0.1, -0.05) is 17.8 Å². The first kappa shape index (κ1) is 22.9. The van der Waals surface area contributed by atoms with Crippen LogP contribution in [0.4, 0.5) is 5.69 Å². The second-order valence-electron chi connectivity index (χ2n) is 6.90. The molecular formula is C23H24N2O4S2. The number of amides is 1. The molecule has 2 N–H and O–H groups in total. The molecule has 0 aliphatic heterocycles. The van der Waals surface area contributed by atoms with Crippen molar-refractivity contribution in [2.45, 2.75) is 28.5 Å². The number of rotatable bonds is 7. The highest BCUT2D eigenvalue weighted by molar-refractivity contribution is 7.99. The zero-order chi connectivity index (χ0) is 22.6. The van der Waals surface area contributed by atoms with Gasteiger partial charge in [0.2, 0.25) is 10.0 Å². The summed E-state index contributed by atoms with van der Waals surface area (Å²) in [4.78, 5) is 14.8. The van der Waals surface area contributed by atoms with E-state index >= 15 is 0 Å². The Morgan fingerprint density at radius 3 is 2.19 bits per heavy atom. The Hall–Kier alpha value is -2.81. The monoisotopic (exact) mass is 456 g/mol. The van der Waals surface area contributed by atoms with Crippen LogP contribution in [0.15, 0.2) is 75.4 Å². The molecule has 3 aromatic carbocycles. The molecule has 0 fully saturated rings. The van der Waals surface area contributed by atoms with Gasteiger partial charge in [-0.3, -0.25) is 4.79 Å². The van der Waals surface area contributed by atoms with Gasteiger partial charge in [0, 0.05) is 21.0 Å². The molecule has 0 saturated carbocycles. The standard InChI is InChI=1S/C23H24N2O4S2/c1-15-5-9-20(13-16(15)2)30-19-10-7-18(8-11-19)25-23(26)17-6-12-21(29-4)22(14-17)31(27,28)24-3/h5-14,24H,1-4H3,(H,25,26). The Kier molecular flexibility index (Phi) is 7.04. The van der Waals surface area contributed by atoms with Crippen molar-refractivity contribution in [3.05, 3.63) is 77.4 Å². The van der Waals surface area contributed by atoms with Gasteiger partial charge in [-0.05, 0) is 86.6 Å². The van der Waals surface area contributed by atoms with E-state index in [1.54, 1.807) is 11.8 Å². The van der Waals surface area contributed by atoms with Crippen LogP contribution in [0, 0.1) is 13.8 Å². The van der Waals surface area contributed by atoms with Crippen molar-refractivity contribution in [1.82, 2.24) is 4.72 Å². The third-order valence-electron chi connectivity index (χ3n) is 4.81. The maximum absolute atomic E-state index is 12.7. The Morgan fingerprint density at radius 1 is 0.903 bits per heavy atom.